The number of hydrogen-bond donors (Lipinski definition) is 2. The summed E-state index contributed by atoms with van der Waals surface area (Å²) in [6, 6.07) is 6.12. The van der Waals surface area contributed by atoms with E-state index in [1.54, 1.807) is 0 Å². The van der Waals surface area contributed by atoms with E-state index in [4.69, 9.17) is 16.3 Å². The van der Waals surface area contributed by atoms with Crippen LogP contribution in [0.2, 0.25) is 5.15 Å². The molecule has 2 aliphatic carbocycles. The van der Waals surface area contributed by atoms with E-state index in [1.807, 2.05) is 0 Å². The van der Waals surface area contributed by atoms with Crippen molar-refractivity contribution in [2.75, 3.05) is 5.32 Å². The molecule has 0 bridgehead atoms. The molecule has 8 nitrogen and oxygen atoms in total. The number of aromatic nitrogens is 3. The Morgan fingerprint density at radius 3 is 2.57 bits per heavy atom. The van der Waals surface area contributed by atoms with Crippen LogP contribution in [-0.4, -0.2) is 32.8 Å². The van der Waals surface area contributed by atoms with E-state index in [9.17, 15) is 18.4 Å². The largest absolute Gasteiger partial charge is 0.452 e. The number of allylic oxidation sites excluding steroid dienone is 1. The molecule has 11 heteroatoms. The minimum atomic E-state index is -1.23. The minimum absolute atomic E-state index is 0.0417. The van der Waals surface area contributed by atoms with Gasteiger partial charge in [0.2, 0.25) is 11.8 Å². The van der Waals surface area contributed by atoms with Crippen LogP contribution in [0.5, 0.6) is 5.75 Å². The van der Waals surface area contributed by atoms with Gasteiger partial charge in [0.15, 0.2) is 28.5 Å². The van der Waals surface area contributed by atoms with Crippen molar-refractivity contribution in [1.82, 2.24) is 20.3 Å². The number of fused-ring (bicyclic) bond motifs is 1. The first kappa shape index (κ1) is 22.9. The number of rotatable bonds is 6. The number of hydrogen-bond acceptors (Lipinski definition) is 6. The zero-order chi connectivity index (χ0) is 24.6. The van der Waals surface area contributed by atoms with Gasteiger partial charge in [-0.1, -0.05) is 11.6 Å². The first-order valence-electron chi connectivity index (χ1n) is 10.7. The number of ether oxygens (including phenoxy) is 1. The van der Waals surface area contributed by atoms with E-state index >= 15 is 0 Å². The molecule has 1 saturated carbocycles. The Morgan fingerprint density at radius 1 is 1.09 bits per heavy atom. The van der Waals surface area contributed by atoms with Gasteiger partial charge < -0.3 is 15.4 Å². The number of anilines is 1. The van der Waals surface area contributed by atoms with E-state index in [-0.39, 0.29) is 28.6 Å². The summed E-state index contributed by atoms with van der Waals surface area (Å²) >= 11 is 5.90. The SMILES string of the molecule is O=C(Nc1ccc(F)cc1)C1(C(=O)NC2C=C(F)C(Oc3ccnc4ncc(Cl)nc34)=CC2)CC1. The predicted octanol–water partition coefficient (Wildman–Crippen LogP) is 4.24. The fraction of sp³-hybridized carbons (Fsp3) is 0.208. The van der Waals surface area contributed by atoms with Crippen molar-refractivity contribution in [2.45, 2.75) is 25.3 Å². The number of carbonyl (C=O) groups is 2. The average molecular weight is 498 g/mol. The van der Waals surface area contributed by atoms with Gasteiger partial charge in [-0.25, -0.2) is 23.7 Å². The first-order valence-corrected chi connectivity index (χ1v) is 11.1. The maximum absolute atomic E-state index is 14.8. The van der Waals surface area contributed by atoms with E-state index in [0.29, 0.717) is 24.2 Å². The number of benzene rings is 1. The lowest BCUT2D eigenvalue weighted by atomic mass is 10.0. The summed E-state index contributed by atoms with van der Waals surface area (Å²) in [5.41, 5.74) is -0.260. The number of nitrogens with one attached hydrogen (secondary N) is 2. The molecule has 0 spiro atoms. The summed E-state index contributed by atoms with van der Waals surface area (Å²) in [5.74, 6) is -1.89. The van der Waals surface area contributed by atoms with Crippen molar-refractivity contribution in [1.29, 1.82) is 0 Å². The second-order valence-electron chi connectivity index (χ2n) is 8.22. The van der Waals surface area contributed by atoms with E-state index < -0.39 is 34.9 Å². The summed E-state index contributed by atoms with van der Waals surface area (Å²) in [6.07, 6.45) is 6.52. The molecule has 2 amide bonds. The Labute approximate surface area is 203 Å². The van der Waals surface area contributed by atoms with Gasteiger partial charge in [0.05, 0.1) is 12.2 Å². The van der Waals surface area contributed by atoms with E-state index in [2.05, 4.69) is 25.6 Å². The molecule has 3 aromatic rings. The van der Waals surface area contributed by atoms with Crippen molar-refractivity contribution >= 4 is 40.3 Å². The minimum Gasteiger partial charge on any atom is -0.452 e. The summed E-state index contributed by atoms with van der Waals surface area (Å²) in [5, 5.41) is 5.50. The molecular weight excluding hydrogens is 480 g/mol. The van der Waals surface area contributed by atoms with Crippen LogP contribution in [0, 0.1) is 11.2 Å². The van der Waals surface area contributed by atoms with Gasteiger partial charge in [0.25, 0.3) is 0 Å². The lowest BCUT2D eigenvalue weighted by Gasteiger charge is -2.22. The molecule has 2 aromatic heterocycles. The fourth-order valence-corrected chi connectivity index (χ4v) is 3.83. The molecule has 178 valence electrons. The molecular formula is C24H18ClF2N5O3. The lowest BCUT2D eigenvalue weighted by molar-refractivity contribution is -0.134. The van der Waals surface area contributed by atoms with Gasteiger partial charge in [-0.15, -0.1) is 0 Å². The molecule has 0 saturated heterocycles. The van der Waals surface area contributed by atoms with Gasteiger partial charge in [0, 0.05) is 18.0 Å². The second-order valence-corrected chi connectivity index (χ2v) is 8.61. The Hall–Kier alpha value is -3.92. The van der Waals surface area contributed by atoms with Gasteiger partial charge in [-0.3, -0.25) is 9.59 Å². The van der Waals surface area contributed by atoms with Crippen LogP contribution < -0.4 is 15.4 Å². The summed E-state index contributed by atoms with van der Waals surface area (Å²) in [6.45, 7) is 0. The van der Waals surface area contributed by atoms with E-state index in [1.165, 1.54) is 54.9 Å². The molecule has 1 aromatic carbocycles. The Balaban J connectivity index is 1.24. The second kappa shape index (κ2) is 9.03. The highest BCUT2D eigenvalue weighted by Crippen LogP contribution is 2.47. The molecule has 0 aliphatic heterocycles. The first-order chi connectivity index (χ1) is 16.8. The lowest BCUT2D eigenvalue weighted by Crippen LogP contribution is -2.44. The topological polar surface area (TPSA) is 106 Å². The van der Waals surface area contributed by atoms with Gasteiger partial charge in [-0.2, -0.15) is 0 Å². The molecule has 5 rings (SSSR count). The fourth-order valence-electron chi connectivity index (χ4n) is 3.70. The van der Waals surface area contributed by atoms with E-state index in [0.717, 1.165) is 0 Å². The highest BCUT2D eigenvalue weighted by atomic mass is 35.5. The Morgan fingerprint density at radius 2 is 1.86 bits per heavy atom. The zero-order valence-electron chi connectivity index (χ0n) is 18.1. The predicted molar refractivity (Wildman–Crippen MR) is 123 cm³/mol. The Kier molecular flexibility index (Phi) is 5.89. The molecule has 35 heavy (non-hydrogen) atoms. The molecule has 2 N–H and O–H groups in total. The van der Waals surface area contributed by atoms with Crippen LogP contribution in [0.4, 0.5) is 14.5 Å². The molecule has 1 unspecified atom stereocenters. The number of halogens is 3. The van der Waals surface area contributed by atoms with Gasteiger partial charge >= 0.3 is 0 Å². The Bertz CT molecular complexity index is 1390. The standard InChI is InChI=1S/C24H18ClF2N5O3/c25-19-12-29-21-20(32-19)18(7-10-28-21)35-17-6-5-15(11-16(17)27)31-23(34)24(8-9-24)22(33)30-14-3-1-13(26)2-4-14/h1-4,6-7,10-12,15H,5,8-9H2,(H,30,33)(H,31,34). The van der Waals surface area contributed by atoms with Crippen LogP contribution in [-0.2, 0) is 9.59 Å². The third-order valence-corrected chi connectivity index (χ3v) is 5.96. The highest BCUT2D eigenvalue weighted by molar-refractivity contribution is 6.29. The summed E-state index contributed by atoms with van der Waals surface area (Å²) < 4.78 is 33.6. The number of pyridine rings is 1. The molecule has 2 aliphatic rings. The molecule has 1 atom stereocenters. The van der Waals surface area contributed by atoms with Crippen molar-refractivity contribution in [3.63, 3.8) is 0 Å². The van der Waals surface area contributed by atoms with Crippen molar-refractivity contribution in [2.24, 2.45) is 5.41 Å². The highest BCUT2D eigenvalue weighted by Gasteiger charge is 2.56. The monoisotopic (exact) mass is 497 g/mol. The average Bonchev–Trinajstić information content (AvgIpc) is 3.65. The van der Waals surface area contributed by atoms with Crippen LogP contribution in [0.3, 0.4) is 0 Å². The van der Waals surface area contributed by atoms with Crippen molar-refractivity contribution in [3.05, 3.63) is 77.4 Å². The smallest absolute Gasteiger partial charge is 0.240 e. The van der Waals surface area contributed by atoms with Crippen LogP contribution in [0.15, 0.2) is 66.5 Å². The summed E-state index contributed by atoms with van der Waals surface area (Å²) in [7, 11) is 0. The maximum atomic E-state index is 14.8. The molecule has 0 radical (unpaired) electrons. The molecule has 2 heterocycles. The zero-order valence-corrected chi connectivity index (χ0v) is 18.9. The van der Waals surface area contributed by atoms with Crippen LogP contribution >= 0.6 is 11.6 Å². The number of amides is 2. The molecule has 1 fully saturated rings. The van der Waals surface area contributed by atoms with Crippen molar-refractivity contribution < 1.29 is 23.1 Å². The summed E-state index contributed by atoms with van der Waals surface area (Å²) in [4.78, 5) is 37.8. The van der Waals surface area contributed by atoms with Crippen LogP contribution in [0.25, 0.3) is 11.2 Å². The quantitative estimate of drug-likeness (QED) is 0.493. The van der Waals surface area contributed by atoms with Crippen LogP contribution in [0.1, 0.15) is 19.3 Å². The van der Waals surface area contributed by atoms with Gasteiger partial charge in [-0.05, 0) is 55.7 Å². The third kappa shape index (κ3) is 4.69. The van der Waals surface area contributed by atoms with Crippen molar-refractivity contribution in [3.8, 4) is 5.75 Å². The number of nitrogens with zero attached hydrogens (tertiary/aromatic N) is 3. The third-order valence-electron chi connectivity index (χ3n) is 5.78. The van der Waals surface area contributed by atoms with Gasteiger partial charge in [0.1, 0.15) is 16.4 Å². The maximum Gasteiger partial charge on any atom is 0.240 e. The number of carbonyl (C=O) groups excluding carboxylic acids is 2. The normalized spacial score (nSPS) is 18.3.